The first-order chi connectivity index (χ1) is 19.6. The highest BCUT2D eigenvalue weighted by atomic mass is 15.2. The largest absolute Gasteiger partial charge is 0.309 e. The monoisotopic (exact) mass is 509 g/mol. The van der Waals surface area contributed by atoms with Crippen molar-refractivity contribution in [2.75, 3.05) is 4.90 Å². The lowest BCUT2D eigenvalue weighted by Crippen LogP contribution is -2.30. The van der Waals surface area contributed by atoms with Crippen molar-refractivity contribution in [1.82, 2.24) is 0 Å². The zero-order chi connectivity index (χ0) is 26.6. The first kappa shape index (κ1) is 22.0. The topological polar surface area (TPSA) is 3.24 Å². The van der Waals surface area contributed by atoms with Gasteiger partial charge in [0.05, 0.1) is 17.1 Å². The van der Waals surface area contributed by atoms with Gasteiger partial charge >= 0.3 is 0 Å². The van der Waals surface area contributed by atoms with Gasteiger partial charge in [0.1, 0.15) is 0 Å². The summed E-state index contributed by atoms with van der Waals surface area (Å²) in [4.78, 5) is 2.58. The molecule has 1 aliphatic heterocycles. The lowest BCUT2D eigenvalue weighted by molar-refractivity contribution is 0.632. The Kier molecular flexibility index (Phi) is 4.18. The Hall–Kier alpha value is -4.88. The van der Waals surface area contributed by atoms with E-state index in [9.17, 15) is 0 Å². The Morgan fingerprint density at radius 2 is 1.07 bits per heavy atom. The third kappa shape index (κ3) is 2.67. The van der Waals surface area contributed by atoms with Crippen molar-refractivity contribution in [3.8, 4) is 22.3 Å². The van der Waals surface area contributed by atoms with Crippen molar-refractivity contribution in [3.63, 3.8) is 0 Å². The van der Waals surface area contributed by atoms with E-state index in [4.69, 9.17) is 0 Å². The van der Waals surface area contributed by atoms with Crippen molar-refractivity contribution in [2.24, 2.45) is 0 Å². The minimum atomic E-state index is -0.109. The molecule has 0 saturated carbocycles. The highest BCUT2D eigenvalue weighted by Gasteiger charge is 2.39. The fourth-order valence-electron chi connectivity index (χ4n) is 7.55. The maximum Gasteiger partial charge on any atom is 0.0631 e. The van der Waals surface area contributed by atoms with E-state index in [1.165, 1.54) is 82.8 Å². The summed E-state index contributed by atoms with van der Waals surface area (Å²) >= 11 is 0. The molecule has 0 aromatic heterocycles. The molecule has 1 heterocycles. The van der Waals surface area contributed by atoms with Gasteiger partial charge in [0, 0.05) is 16.4 Å². The molecule has 0 radical (unpaired) electrons. The molecule has 0 N–H and O–H groups in total. The lowest BCUT2D eigenvalue weighted by atomic mass is 9.73. The Bertz CT molecular complexity index is 2150. The van der Waals surface area contributed by atoms with E-state index in [-0.39, 0.29) is 5.41 Å². The van der Waals surface area contributed by atoms with Gasteiger partial charge in [-0.25, -0.2) is 0 Å². The van der Waals surface area contributed by atoms with Crippen LogP contribution in [0, 0.1) is 0 Å². The molecule has 1 heteroatoms. The average Bonchev–Trinajstić information content (AvgIpc) is 3.32. The van der Waals surface area contributed by atoms with Crippen molar-refractivity contribution in [3.05, 3.63) is 139 Å². The second-order valence-electron chi connectivity index (χ2n) is 11.7. The van der Waals surface area contributed by atoms with Gasteiger partial charge in [-0.15, -0.1) is 0 Å². The normalized spacial score (nSPS) is 14.4. The zero-order valence-corrected chi connectivity index (χ0v) is 22.6. The minimum absolute atomic E-state index is 0.109. The van der Waals surface area contributed by atoms with Crippen molar-refractivity contribution in [1.29, 1.82) is 0 Å². The molecule has 1 aliphatic carbocycles. The molecule has 2 aliphatic rings. The molecule has 0 spiro atoms. The van der Waals surface area contributed by atoms with E-state index in [1.807, 2.05) is 0 Å². The Labute approximate surface area is 233 Å². The van der Waals surface area contributed by atoms with Crippen LogP contribution in [0.5, 0.6) is 0 Å². The Balaban J connectivity index is 1.54. The SMILES string of the molecule is CC1(C)c2ccccc2N(c2c3c(cc4ccc5ccccc5c24)-c2cccc4cccc-3c24)c2ccccc21. The molecule has 9 rings (SSSR count). The second kappa shape index (κ2) is 7.61. The fraction of sp³-hybridized carbons (Fsp3) is 0.0769. The number of benzene rings is 7. The third-order valence-electron chi connectivity index (χ3n) is 9.33. The highest BCUT2D eigenvalue weighted by molar-refractivity contribution is 6.27. The zero-order valence-electron chi connectivity index (χ0n) is 22.6. The molecule has 0 bridgehead atoms. The number of nitrogens with zero attached hydrogens (tertiary/aromatic N) is 1. The molecule has 188 valence electrons. The van der Waals surface area contributed by atoms with Crippen molar-refractivity contribution < 1.29 is 0 Å². The average molecular weight is 510 g/mol. The molecule has 0 unspecified atom stereocenters. The molecule has 0 saturated heterocycles. The van der Waals surface area contributed by atoms with E-state index in [1.54, 1.807) is 0 Å². The summed E-state index contributed by atoms with van der Waals surface area (Å²) in [6.45, 7) is 4.73. The van der Waals surface area contributed by atoms with E-state index >= 15 is 0 Å². The van der Waals surface area contributed by atoms with Crippen molar-refractivity contribution in [2.45, 2.75) is 19.3 Å². The fourth-order valence-corrected chi connectivity index (χ4v) is 7.55. The second-order valence-corrected chi connectivity index (χ2v) is 11.7. The van der Waals surface area contributed by atoms with Gasteiger partial charge in [0.25, 0.3) is 0 Å². The molecule has 0 atom stereocenters. The molecular formula is C39H27N. The Morgan fingerprint density at radius 1 is 0.475 bits per heavy atom. The third-order valence-corrected chi connectivity index (χ3v) is 9.33. The summed E-state index contributed by atoms with van der Waals surface area (Å²) in [6.07, 6.45) is 0. The summed E-state index contributed by atoms with van der Waals surface area (Å²) in [5.74, 6) is 0. The van der Waals surface area contributed by atoms with Crippen LogP contribution in [0.2, 0.25) is 0 Å². The van der Waals surface area contributed by atoms with E-state index < -0.39 is 0 Å². The molecule has 7 aromatic carbocycles. The maximum atomic E-state index is 2.58. The standard InChI is InChI=1S/C39H27N/c1-39(2)31-17-5-7-19-33(31)40(34-20-8-6-18-32(34)39)38-36-26(22-21-24-11-3-4-14-27(24)36)23-30-28-15-9-12-25-13-10-16-29(35(25)28)37(30)38/h3-23H,1-2H3. The van der Waals surface area contributed by atoms with Crippen molar-refractivity contribution >= 4 is 49.4 Å². The van der Waals surface area contributed by atoms with E-state index in [0.717, 1.165) is 0 Å². The van der Waals surface area contributed by atoms with Gasteiger partial charge < -0.3 is 4.90 Å². The quantitative estimate of drug-likeness (QED) is 0.199. The van der Waals surface area contributed by atoms with Crippen LogP contribution < -0.4 is 4.90 Å². The number of rotatable bonds is 1. The molecule has 40 heavy (non-hydrogen) atoms. The number of hydrogen-bond acceptors (Lipinski definition) is 1. The molecule has 0 amide bonds. The summed E-state index contributed by atoms with van der Waals surface area (Å²) in [6, 6.07) is 47.4. The minimum Gasteiger partial charge on any atom is -0.309 e. The summed E-state index contributed by atoms with van der Waals surface area (Å²) in [5.41, 5.74) is 11.7. The summed E-state index contributed by atoms with van der Waals surface area (Å²) < 4.78 is 0. The van der Waals surface area contributed by atoms with Crippen LogP contribution >= 0.6 is 0 Å². The number of fused-ring (bicyclic) bond motifs is 8. The van der Waals surface area contributed by atoms with Gasteiger partial charge in [-0.05, 0) is 72.9 Å². The molecule has 1 nitrogen and oxygen atoms in total. The van der Waals surface area contributed by atoms with E-state index in [0.29, 0.717) is 0 Å². The van der Waals surface area contributed by atoms with Crippen LogP contribution in [0.1, 0.15) is 25.0 Å². The van der Waals surface area contributed by atoms with Crippen LogP contribution in [0.15, 0.2) is 127 Å². The van der Waals surface area contributed by atoms with Crippen LogP contribution in [0.25, 0.3) is 54.6 Å². The summed E-state index contributed by atoms with van der Waals surface area (Å²) in [7, 11) is 0. The van der Waals surface area contributed by atoms with Gasteiger partial charge in [-0.1, -0.05) is 123 Å². The predicted octanol–water partition coefficient (Wildman–Crippen LogP) is 10.9. The van der Waals surface area contributed by atoms with Crippen LogP contribution in [-0.2, 0) is 5.41 Å². The molecule has 7 aromatic rings. The first-order valence-corrected chi connectivity index (χ1v) is 14.1. The first-order valence-electron chi connectivity index (χ1n) is 14.1. The Morgan fingerprint density at radius 3 is 1.82 bits per heavy atom. The number of para-hydroxylation sites is 2. The molecular weight excluding hydrogens is 482 g/mol. The van der Waals surface area contributed by atoms with Gasteiger partial charge in [0.15, 0.2) is 0 Å². The smallest absolute Gasteiger partial charge is 0.0631 e. The highest BCUT2D eigenvalue weighted by Crippen LogP contribution is 2.60. The van der Waals surface area contributed by atoms with Gasteiger partial charge in [-0.2, -0.15) is 0 Å². The number of anilines is 3. The lowest BCUT2D eigenvalue weighted by Gasteiger charge is -2.43. The van der Waals surface area contributed by atoms with Crippen LogP contribution in [0.4, 0.5) is 17.1 Å². The number of hydrogen-bond donors (Lipinski definition) is 0. The summed E-state index contributed by atoms with van der Waals surface area (Å²) in [5, 5.41) is 7.80. The van der Waals surface area contributed by atoms with E-state index in [2.05, 4.69) is 146 Å². The predicted molar refractivity (Wildman–Crippen MR) is 170 cm³/mol. The maximum absolute atomic E-state index is 2.58. The molecule has 0 fully saturated rings. The van der Waals surface area contributed by atoms with Crippen LogP contribution in [0.3, 0.4) is 0 Å². The van der Waals surface area contributed by atoms with Gasteiger partial charge in [-0.3, -0.25) is 0 Å². The van der Waals surface area contributed by atoms with Crippen LogP contribution in [-0.4, -0.2) is 0 Å². The van der Waals surface area contributed by atoms with Gasteiger partial charge in [0.2, 0.25) is 0 Å².